The number of unbranched alkanes of at least 4 members (excludes halogenated alkanes) is 2. The summed E-state index contributed by atoms with van der Waals surface area (Å²) >= 11 is 0. The lowest BCUT2D eigenvalue weighted by atomic mass is 9.81. The van der Waals surface area contributed by atoms with Crippen LogP contribution < -0.4 is 9.47 Å². The molecule has 0 unspecified atom stereocenters. The number of amides is 2. The van der Waals surface area contributed by atoms with E-state index in [9.17, 15) is 14.4 Å². The number of allylic oxidation sites excluding steroid dienone is 2. The fourth-order valence-corrected chi connectivity index (χ4v) is 7.12. The SMILES string of the molecule is COc1cc2c(cc1OCCCCCC(=O)N1C[C@@H]3C[C@]34C1=CC(=O)c1ccccc14)N=C[C@@H]1CCCN1C2=O. The van der Waals surface area contributed by atoms with Crippen molar-refractivity contribution in [2.24, 2.45) is 10.9 Å². The van der Waals surface area contributed by atoms with Crippen LogP contribution in [0.5, 0.6) is 11.5 Å². The number of methoxy groups -OCH3 is 1. The highest BCUT2D eigenvalue weighted by Gasteiger charge is 2.67. The maximum atomic E-state index is 13.2. The molecule has 206 valence electrons. The summed E-state index contributed by atoms with van der Waals surface area (Å²) in [5.41, 5.74) is 3.81. The highest BCUT2D eigenvalue weighted by atomic mass is 16.5. The molecule has 5 aliphatic rings. The Morgan fingerprint density at radius 1 is 1.10 bits per heavy atom. The Morgan fingerprint density at radius 3 is 2.85 bits per heavy atom. The molecule has 0 bridgehead atoms. The molecule has 3 fully saturated rings. The molecule has 0 radical (unpaired) electrons. The Balaban J connectivity index is 0.931. The van der Waals surface area contributed by atoms with E-state index in [1.807, 2.05) is 34.2 Å². The van der Waals surface area contributed by atoms with Gasteiger partial charge >= 0.3 is 0 Å². The van der Waals surface area contributed by atoms with Crippen LogP contribution in [0.3, 0.4) is 0 Å². The number of piperidine rings is 1. The number of carbonyl (C=O) groups is 3. The van der Waals surface area contributed by atoms with Gasteiger partial charge in [-0.2, -0.15) is 0 Å². The van der Waals surface area contributed by atoms with Crippen LogP contribution in [-0.4, -0.2) is 66.5 Å². The molecular weight excluding hydrogens is 506 g/mol. The van der Waals surface area contributed by atoms with Crippen LogP contribution in [0.2, 0.25) is 0 Å². The molecule has 2 aliphatic carbocycles. The molecule has 3 aliphatic heterocycles. The van der Waals surface area contributed by atoms with E-state index >= 15 is 0 Å². The predicted octanol–water partition coefficient (Wildman–Crippen LogP) is 4.84. The summed E-state index contributed by atoms with van der Waals surface area (Å²) in [6.07, 6.45) is 9.36. The van der Waals surface area contributed by atoms with Crippen molar-refractivity contribution in [1.82, 2.24) is 9.80 Å². The molecule has 3 heterocycles. The van der Waals surface area contributed by atoms with Gasteiger partial charge in [0.25, 0.3) is 5.91 Å². The van der Waals surface area contributed by atoms with Gasteiger partial charge in [0.15, 0.2) is 17.3 Å². The fraction of sp³-hybridized carbons (Fsp3) is 0.438. The second kappa shape index (κ2) is 9.61. The van der Waals surface area contributed by atoms with Gasteiger partial charge in [0, 0.05) is 54.5 Å². The zero-order valence-corrected chi connectivity index (χ0v) is 22.7. The average molecular weight is 540 g/mol. The third-order valence-corrected chi connectivity index (χ3v) is 9.25. The summed E-state index contributed by atoms with van der Waals surface area (Å²) in [7, 11) is 1.57. The van der Waals surface area contributed by atoms with Crippen molar-refractivity contribution in [3.05, 3.63) is 64.9 Å². The number of carbonyl (C=O) groups excluding carboxylic acids is 3. The maximum Gasteiger partial charge on any atom is 0.256 e. The molecular formula is C32H33N3O5. The van der Waals surface area contributed by atoms with Crippen molar-refractivity contribution in [3.63, 3.8) is 0 Å². The summed E-state index contributed by atoms with van der Waals surface area (Å²) in [5, 5.41) is 0. The van der Waals surface area contributed by atoms with E-state index in [1.54, 1.807) is 25.3 Å². The van der Waals surface area contributed by atoms with Crippen molar-refractivity contribution in [2.45, 2.75) is 56.4 Å². The maximum absolute atomic E-state index is 13.2. The molecule has 7 rings (SSSR count). The summed E-state index contributed by atoms with van der Waals surface area (Å²) < 4.78 is 11.6. The normalized spacial score (nSPS) is 25.4. The minimum absolute atomic E-state index is 0.00220. The van der Waals surface area contributed by atoms with Crippen molar-refractivity contribution in [1.29, 1.82) is 0 Å². The first-order valence-electron chi connectivity index (χ1n) is 14.4. The van der Waals surface area contributed by atoms with Gasteiger partial charge in [-0.15, -0.1) is 0 Å². The van der Waals surface area contributed by atoms with Crippen LogP contribution in [0.15, 0.2) is 53.2 Å². The smallest absolute Gasteiger partial charge is 0.256 e. The number of hydrogen-bond donors (Lipinski definition) is 0. The molecule has 2 saturated heterocycles. The Kier molecular flexibility index (Phi) is 6.02. The Morgan fingerprint density at radius 2 is 1.98 bits per heavy atom. The predicted molar refractivity (Wildman–Crippen MR) is 150 cm³/mol. The minimum Gasteiger partial charge on any atom is -0.493 e. The van der Waals surface area contributed by atoms with E-state index in [-0.39, 0.29) is 29.1 Å². The largest absolute Gasteiger partial charge is 0.493 e. The van der Waals surface area contributed by atoms with Gasteiger partial charge in [-0.25, -0.2) is 0 Å². The second-order valence-corrected chi connectivity index (χ2v) is 11.5. The molecule has 0 N–H and O–H groups in total. The summed E-state index contributed by atoms with van der Waals surface area (Å²) in [6.45, 7) is 1.93. The Hall–Kier alpha value is -3.94. The van der Waals surface area contributed by atoms with Crippen LogP contribution in [-0.2, 0) is 10.2 Å². The zero-order valence-electron chi connectivity index (χ0n) is 22.7. The summed E-state index contributed by atoms with van der Waals surface area (Å²) in [4.78, 5) is 47.3. The molecule has 2 aromatic carbocycles. The van der Waals surface area contributed by atoms with Crippen LogP contribution in [0.4, 0.5) is 5.69 Å². The minimum atomic E-state index is -0.133. The number of fused-ring (bicyclic) bond motifs is 3. The van der Waals surface area contributed by atoms with Crippen LogP contribution in [0.1, 0.15) is 71.2 Å². The molecule has 2 aromatic rings. The van der Waals surface area contributed by atoms with E-state index in [0.29, 0.717) is 48.2 Å². The van der Waals surface area contributed by atoms with Gasteiger partial charge in [-0.1, -0.05) is 24.3 Å². The first-order chi connectivity index (χ1) is 19.5. The molecule has 2 amide bonds. The lowest BCUT2D eigenvalue weighted by molar-refractivity contribution is -0.129. The highest BCUT2D eigenvalue weighted by Crippen LogP contribution is 2.66. The first-order valence-corrected chi connectivity index (χ1v) is 14.4. The Labute approximate surface area is 233 Å². The van der Waals surface area contributed by atoms with Crippen LogP contribution in [0, 0.1) is 5.92 Å². The number of hydrogen-bond acceptors (Lipinski definition) is 6. The fourth-order valence-electron chi connectivity index (χ4n) is 7.12. The number of benzene rings is 2. The zero-order chi connectivity index (χ0) is 27.4. The van der Waals surface area contributed by atoms with Gasteiger partial charge in [-0.05, 0) is 56.1 Å². The number of rotatable bonds is 8. The van der Waals surface area contributed by atoms with Crippen LogP contribution >= 0.6 is 0 Å². The van der Waals surface area contributed by atoms with Crippen molar-refractivity contribution in [3.8, 4) is 11.5 Å². The van der Waals surface area contributed by atoms with E-state index in [4.69, 9.17) is 9.47 Å². The average Bonchev–Trinajstić information content (AvgIpc) is 3.36. The molecule has 0 aromatic heterocycles. The van der Waals surface area contributed by atoms with E-state index < -0.39 is 0 Å². The molecule has 1 saturated carbocycles. The van der Waals surface area contributed by atoms with Gasteiger partial charge in [-0.3, -0.25) is 19.4 Å². The number of aliphatic imine (C=N–C) groups is 1. The molecule has 8 nitrogen and oxygen atoms in total. The van der Waals surface area contributed by atoms with Gasteiger partial charge < -0.3 is 19.3 Å². The quantitative estimate of drug-likeness (QED) is 0.448. The summed E-state index contributed by atoms with van der Waals surface area (Å²) in [5.74, 6) is 1.60. The Bertz CT molecular complexity index is 1480. The van der Waals surface area contributed by atoms with Crippen molar-refractivity contribution < 1.29 is 23.9 Å². The first kappa shape index (κ1) is 25.1. The van der Waals surface area contributed by atoms with Gasteiger partial charge in [0.05, 0.1) is 31.0 Å². The van der Waals surface area contributed by atoms with Gasteiger partial charge in [0.2, 0.25) is 5.91 Å². The molecule has 3 atom stereocenters. The molecule has 1 spiro atoms. The number of ketones is 1. The lowest BCUT2D eigenvalue weighted by Gasteiger charge is -2.29. The second-order valence-electron chi connectivity index (χ2n) is 11.5. The standard InChI is InChI=1S/C32H33N3O5/c1-39-27-14-23-25(33-18-21-8-7-12-34(21)31(23)38)15-28(27)40-13-6-2-3-11-30(37)35-19-20-17-32(20)24-10-5-4-9-22(24)26(36)16-29(32)35/h4-5,9-10,14-16,18,20-21H,2-3,6-8,11-13,17,19H2,1H3/t20-,21-,32-/m0/s1. The number of nitrogens with zero attached hydrogens (tertiary/aromatic N) is 3. The topological polar surface area (TPSA) is 88.5 Å². The summed E-state index contributed by atoms with van der Waals surface area (Å²) in [6, 6.07) is 11.4. The number of ether oxygens (including phenoxy) is 2. The third kappa shape index (κ3) is 3.87. The van der Waals surface area contributed by atoms with E-state index in [1.165, 1.54) is 0 Å². The lowest BCUT2D eigenvalue weighted by Crippen LogP contribution is -2.35. The number of likely N-dealkylation sites (tertiary alicyclic amines) is 1. The highest BCUT2D eigenvalue weighted by molar-refractivity contribution is 6.09. The molecule has 8 heteroatoms. The molecule has 40 heavy (non-hydrogen) atoms. The monoisotopic (exact) mass is 539 g/mol. The third-order valence-electron chi connectivity index (χ3n) is 9.25. The van der Waals surface area contributed by atoms with Crippen LogP contribution in [0.25, 0.3) is 0 Å². The van der Waals surface area contributed by atoms with Gasteiger partial charge in [0.1, 0.15) is 0 Å². The van der Waals surface area contributed by atoms with Crippen molar-refractivity contribution >= 4 is 29.5 Å². The van der Waals surface area contributed by atoms with E-state index in [0.717, 1.165) is 61.9 Å². The van der Waals surface area contributed by atoms with Crippen molar-refractivity contribution in [2.75, 3.05) is 26.8 Å². The van der Waals surface area contributed by atoms with E-state index in [2.05, 4.69) is 11.1 Å².